The van der Waals surface area contributed by atoms with Gasteiger partial charge in [-0.2, -0.15) is 0 Å². The standard InChI is InChI=1S/C22H16BrCl2N3O3/c23-14-6-8-18-16(10-14)22(30)28(21(26-18)13-4-2-1-3-5-13)27-20(29)12-31-19-9-7-15(24)11-17(19)25/h1-11,21,26H,12H2,(H,27,29). The Morgan fingerprint density at radius 3 is 2.61 bits per heavy atom. The number of nitrogens with one attached hydrogen (secondary N) is 2. The molecular formula is C22H16BrCl2N3O3. The lowest BCUT2D eigenvalue weighted by molar-refractivity contribution is -0.127. The van der Waals surface area contributed by atoms with Crippen LogP contribution < -0.4 is 15.5 Å². The number of benzene rings is 3. The average molecular weight is 521 g/mol. The van der Waals surface area contributed by atoms with E-state index in [0.717, 1.165) is 10.0 Å². The number of hydrazine groups is 1. The molecule has 0 radical (unpaired) electrons. The van der Waals surface area contributed by atoms with Crippen molar-refractivity contribution in [3.05, 3.63) is 92.4 Å². The van der Waals surface area contributed by atoms with E-state index >= 15 is 0 Å². The Hall–Kier alpha value is -2.74. The topological polar surface area (TPSA) is 70.7 Å². The van der Waals surface area contributed by atoms with Crippen molar-refractivity contribution in [1.82, 2.24) is 10.4 Å². The van der Waals surface area contributed by atoms with Gasteiger partial charge in [0.05, 0.1) is 10.6 Å². The molecule has 0 saturated carbocycles. The third-order valence-corrected chi connectivity index (χ3v) is 5.62. The zero-order valence-electron chi connectivity index (χ0n) is 15.9. The highest BCUT2D eigenvalue weighted by Gasteiger charge is 2.34. The van der Waals surface area contributed by atoms with Gasteiger partial charge in [-0.05, 0) is 42.0 Å². The summed E-state index contributed by atoms with van der Waals surface area (Å²) in [5.41, 5.74) is 4.57. The number of hydrogen-bond donors (Lipinski definition) is 2. The van der Waals surface area contributed by atoms with Crippen molar-refractivity contribution in [1.29, 1.82) is 0 Å². The summed E-state index contributed by atoms with van der Waals surface area (Å²) in [6, 6.07) is 19.4. The monoisotopic (exact) mass is 519 g/mol. The molecule has 0 bridgehead atoms. The van der Waals surface area contributed by atoms with Crippen molar-refractivity contribution in [2.75, 3.05) is 11.9 Å². The summed E-state index contributed by atoms with van der Waals surface area (Å²) >= 11 is 15.3. The van der Waals surface area contributed by atoms with Gasteiger partial charge in [0.2, 0.25) is 0 Å². The van der Waals surface area contributed by atoms with Gasteiger partial charge in [0.25, 0.3) is 11.8 Å². The fourth-order valence-corrected chi connectivity index (χ4v) is 3.99. The highest BCUT2D eigenvalue weighted by molar-refractivity contribution is 9.10. The van der Waals surface area contributed by atoms with Crippen molar-refractivity contribution < 1.29 is 14.3 Å². The minimum Gasteiger partial charge on any atom is -0.482 e. The van der Waals surface area contributed by atoms with Crippen LogP contribution in [0.3, 0.4) is 0 Å². The fraction of sp³-hybridized carbons (Fsp3) is 0.0909. The highest BCUT2D eigenvalue weighted by Crippen LogP contribution is 2.33. The smallest absolute Gasteiger partial charge is 0.276 e. The predicted octanol–water partition coefficient (Wildman–Crippen LogP) is 5.43. The molecule has 1 heterocycles. The first kappa shape index (κ1) is 21.5. The molecule has 0 aliphatic carbocycles. The van der Waals surface area contributed by atoms with Crippen LogP contribution in [0.4, 0.5) is 5.69 Å². The first-order valence-electron chi connectivity index (χ1n) is 9.24. The molecule has 158 valence electrons. The molecule has 31 heavy (non-hydrogen) atoms. The van der Waals surface area contributed by atoms with Gasteiger partial charge >= 0.3 is 0 Å². The Labute approximate surface area is 197 Å². The van der Waals surface area contributed by atoms with Crippen LogP contribution in [0.2, 0.25) is 10.0 Å². The number of carbonyl (C=O) groups is 2. The van der Waals surface area contributed by atoms with E-state index in [1.54, 1.807) is 18.2 Å². The molecule has 2 N–H and O–H groups in total. The molecular weight excluding hydrogens is 505 g/mol. The van der Waals surface area contributed by atoms with Crippen molar-refractivity contribution in [2.24, 2.45) is 0 Å². The molecule has 1 unspecified atom stereocenters. The lowest BCUT2D eigenvalue weighted by Gasteiger charge is -2.37. The van der Waals surface area contributed by atoms with E-state index in [-0.39, 0.29) is 17.5 Å². The van der Waals surface area contributed by atoms with Crippen LogP contribution in [0.25, 0.3) is 0 Å². The second-order valence-corrected chi connectivity index (χ2v) is 8.48. The number of carbonyl (C=O) groups excluding carboxylic acids is 2. The first-order chi connectivity index (χ1) is 14.9. The Morgan fingerprint density at radius 2 is 1.87 bits per heavy atom. The molecule has 3 aromatic carbocycles. The normalized spacial score (nSPS) is 15.1. The van der Waals surface area contributed by atoms with Crippen LogP contribution in [0.5, 0.6) is 5.75 Å². The number of hydrogen-bond acceptors (Lipinski definition) is 4. The van der Waals surface area contributed by atoms with Gasteiger partial charge in [-0.25, -0.2) is 5.01 Å². The van der Waals surface area contributed by atoms with Crippen LogP contribution in [0, 0.1) is 0 Å². The third-order valence-electron chi connectivity index (χ3n) is 4.59. The number of nitrogens with zero attached hydrogens (tertiary/aromatic N) is 1. The van der Waals surface area contributed by atoms with Gasteiger partial charge in [0.1, 0.15) is 11.9 Å². The molecule has 6 nitrogen and oxygen atoms in total. The molecule has 0 saturated heterocycles. The van der Waals surface area contributed by atoms with E-state index in [2.05, 4.69) is 26.7 Å². The van der Waals surface area contributed by atoms with Gasteiger partial charge in [0, 0.05) is 15.2 Å². The zero-order chi connectivity index (χ0) is 22.0. The molecule has 3 aromatic rings. The second-order valence-electron chi connectivity index (χ2n) is 6.72. The van der Waals surface area contributed by atoms with Crippen molar-refractivity contribution in [2.45, 2.75) is 6.17 Å². The van der Waals surface area contributed by atoms with Gasteiger partial charge in [0.15, 0.2) is 6.61 Å². The summed E-state index contributed by atoms with van der Waals surface area (Å²) in [5, 5.41) is 5.32. The van der Waals surface area contributed by atoms with Gasteiger partial charge in [-0.15, -0.1) is 0 Å². The summed E-state index contributed by atoms with van der Waals surface area (Å²) in [4.78, 5) is 25.9. The highest BCUT2D eigenvalue weighted by atomic mass is 79.9. The van der Waals surface area contributed by atoms with E-state index in [0.29, 0.717) is 22.0 Å². The molecule has 2 amide bonds. The summed E-state index contributed by atoms with van der Waals surface area (Å²) < 4.78 is 6.25. The van der Waals surface area contributed by atoms with Gasteiger partial charge in [-0.1, -0.05) is 69.5 Å². The van der Waals surface area contributed by atoms with Crippen LogP contribution in [0.15, 0.2) is 71.2 Å². The Balaban J connectivity index is 1.56. The van der Waals surface area contributed by atoms with Crippen LogP contribution in [0.1, 0.15) is 22.1 Å². The summed E-state index contributed by atoms with van der Waals surface area (Å²) in [6.07, 6.45) is -0.592. The zero-order valence-corrected chi connectivity index (χ0v) is 19.0. The summed E-state index contributed by atoms with van der Waals surface area (Å²) in [6.45, 7) is -0.335. The van der Waals surface area contributed by atoms with Crippen molar-refractivity contribution in [3.63, 3.8) is 0 Å². The maximum absolute atomic E-state index is 13.2. The minimum atomic E-state index is -0.592. The molecule has 9 heteroatoms. The maximum atomic E-state index is 13.2. The van der Waals surface area contributed by atoms with Crippen molar-refractivity contribution >= 4 is 56.6 Å². The minimum absolute atomic E-state index is 0.289. The molecule has 1 atom stereocenters. The van der Waals surface area contributed by atoms with Crippen LogP contribution in [-0.4, -0.2) is 23.4 Å². The van der Waals surface area contributed by atoms with Gasteiger partial charge < -0.3 is 10.1 Å². The number of anilines is 1. The van der Waals surface area contributed by atoms with E-state index in [4.69, 9.17) is 27.9 Å². The number of halogens is 3. The molecule has 0 fully saturated rings. The third kappa shape index (κ3) is 4.79. The Morgan fingerprint density at radius 1 is 1.10 bits per heavy atom. The molecule has 1 aliphatic rings. The molecule has 1 aliphatic heterocycles. The molecule has 0 spiro atoms. The average Bonchev–Trinajstić information content (AvgIpc) is 2.76. The summed E-state index contributed by atoms with van der Waals surface area (Å²) in [5.74, 6) is -0.541. The fourth-order valence-electron chi connectivity index (χ4n) is 3.16. The SMILES string of the molecule is O=C(COc1ccc(Cl)cc1Cl)NN1C(=O)c2cc(Br)ccc2NC1c1ccccc1. The van der Waals surface area contributed by atoms with Crippen LogP contribution >= 0.6 is 39.1 Å². The lowest BCUT2D eigenvalue weighted by Crippen LogP contribution is -2.53. The van der Waals surface area contributed by atoms with Crippen molar-refractivity contribution in [3.8, 4) is 5.75 Å². The van der Waals surface area contributed by atoms with E-state index in [1.807, 2.05) is 42.5 Å². The molecule has 0 aromatic heterocycles. The predicted molar refractivity (Wildman–Crippen MR) is 123 cm³/mol. The number of rotatable bonds is 5. The summed E-state index contributed by atoms with van der Waals surface area (Å²) in [7, 11) is 0. The largest absolute Gasteiger partial charge is 0.482 e. The van der Waals surface area contributed by atoms with E-state index in [9.17, 15) is 9.59 Å². The van der Waals surface area contributed by atoms with E-state index < -0.39 is 12.1 Å². The Bertz CT molecular complexity index is 1140. The van der Waals surface area contributed by atoms with E-state index in [1.165, 1.54) is 11.1 Å². The number of amides is 2. The quantitative estimate of drug-likeness (QED) is 0.470. The van der Waals surface area contributed by atoms with Gasteiger partial charge in [-0.3, -0.25) is 15.0 Å². The maximum Gasteiger partial charge on any atom is 0.276 e. The molecule has 4 rings (SSSR count). The second kappa shape index (κ2) is 9.18. The Kier molecular flexibility index (Phi) is 6.36. The van der Waals surface area contributed by atoms with Crippen LogP contribution in [-0.2, 0) is 4.79 Å². The first-order valence-corrected chi connectivity index (χ1v) is 10.8. The number of fused-ring (bicyclic) bond motifs is 1. The lowest BCUT2D eigenvalue weighted by atomic mass is 10.1. The number of ether oxygens (including phenoxy) is 1.